The van der Waals surface area contributed by atoms with Crippen LogP contribution in [0, 0.1) is 13.8 Å². The van der Waals surface area contributed by atoms with Crippen molar-refractivity contribution in [2.75, 3.05) is 0 Å². The van der Waals surface area contributed by atoms with Crippen LogP contribution in [-0.4, -0.2) is 26.1 Å². The van der Waals surface area contributed by atoms with Crippen molar-refractivity contribution in [1.29, 1.82) is 0 Å². The van der Waals surface area contributed by atoms with Gasteiger partial charge in [-0.25, -0.2) is 4.98 Å². The third-order valence-electron chi connectivity index (χ3n) is 4.52. The van der Waals surface area contributed by atoms with Gasteiger partial charge in [0, 0.05) is 48.8 Å². The highest BCUT2D eigenvalue weighted by Gasteiger charge is 2.23. The van der Waals surface area contributed by atoms with E-state index >= 15 is 0 Å². The highest BCUT2D eigenvalue weighted by Crippen LogP contribution is 2.21. The van der Waals surface area contributed by atoms with Crippen LogP contribution in [0.4, 0.5) is 0 Å². The van der Waals surface area contributed by atoms with E-state index in [9.17, 15) is 4.79 Å². The second kappa shape index (κ2) is 5.63. The van der Waals surface area contributed by atoms with E-state index in [2.05, 4.69) is 40.2 Å². The zero-order valence-electron chi connectivity index (χ0n) is 13.8. The first-order valence-electron chi connectivity index (χ1n) is 7.96. The lowest BCUT2D eigenvalue weighted by atomic mass is 10.1. The zero-order chi connectivity index (χ0) is 15.9. The molecule has 0 aliphatic carbocycles. The second-order valence-electron chi connectivity index (χ2n) is 6.45. The molecule has 118 valence electrons. The number of fused-ring (bicyclic) bond motifs is 1. The molecule has 1 aliphatic heterocycles. The van der Waals surface area contributed by atoms with Crippen LogP contribution >= 0.6 is 0 Å². The summed E-state index contributed by atoms with van der Waals surface area (Å²) < 4.78 is 4.34. The van der Waals surface area contributed by atoms with Gasteiger partial charge in [0.2, 0.25) is 0 Å². The third-order valence-corrected chi connectivity index (χ3v) is 4.52. The van der Waals surface area contributed by atoms with Crippen molar-refractivity contribution in [1.82, 2.24) is 19.4 Å². The predicted octanol–water partition coefficient (Wildman–Crippen LogP) is 2.63. The smallest absolute Gasteiger partial charge is 0.253 e. The van der Waals surface area contributed by atoms with E-state index in [1.165, 1.54) is 0 Å². The third kappa shape index (κ3) is 2.56. The molecule has 3 rings (SSSR count). The Morgan fingerprint density at radius 3 is 2.86 bits per heavy atom. The van der Waals surface area contributed by atoms with Crippen LogP contribution in [-0.2, 0) is 13.0 Å². The number of nitrogens with one attached hydrogen (secondary N) is 1. The van der Waals surface area contributed by atoms with E-state index in [0.29, 0.717) is 6.04 Å². The molecule has 0 aromatic carbocycles. The number of amides is 1. The van der Waals surface area contributed by atoms with Gasteiger partial charge in [-0.2, -0.15) is 0 Å². The molecule has 0 spiro atoms. The fraction of sp³-hybridized carbons (Fsp3) is 0.529. The summed E-state index contributed by atoms with van der Waals surface area (Å²) >= 11 is 0. The minimum atomic E-state index is 0.0357. The second-order valence-corrected chi connectivity index (χ2v) is 6.45. The lowest BCUT2D eigenvalue weighted by molar-refractivity contribution is 0.0927. The molecule has 1 aliphatic rings. The number of rotatable bonds is 3. The highest BCUT2D eigenvalue weighted by atomic mass is 16.1. The summed E-state index contributed by atoms with van der Waals surface area (Å²) in [6, 6.07) is 2.54. The van der Waals surface area contributed by atoms with Gasteiger partial charge in [-0.15, -0.1) is 0 Å². The quantitative estimate of drug-likeness (QED) is 0.947. The summed E-state index contributed by atoms with van der Waals surface area (Å²) in [6.07, 6.45) is 5.68. The van der Waals surface area contributed by atoms with Crippen LogP contribution in [0.1, 0.15) is 53.9 Å². The van der Waals surface area contributed by atoms with Gasteiger partial charge < -0.3 is 14.5 Å². The maximum Gasteiger partial charge on any atom is 0.253 e. The van der Waals surface area contributed by atoms with Crippen LogP contribution in [0.15, 0.2) is 18.5 Å². The van der Waals surface area contributed by atoms with Gasteiger partial charge in [-0.1, -0.05) is 0 Å². The standard InChI is InChI=1S/C17H24N4O/c1-11(2)21-12(3)9-15(13(21)4)17(22)19-14-5-6-16-18-7-8-20(16)10-14/h7-9,11,14H,5-6,10H2,1-4H3,(H,19,22). The van der Waals surface area contributed by atoms with Crippen LogP contribution in [0.25, 0.3) is 0 Å². The molecule has 1 atom stereocenters. The lowest BCUT2D eigenvalue weighted by Gasteiger charge is -2.24. The average Bonchev–Trinajstić information content (AvgIpc) is 3.02. The first kappa shape index (κ1) is 14.9. The van der Waals surface area contributed by atoms with Crippen LogP contribution in [0.5, 0.6) is 0 Å². The first-order valence-corrected chi connectivity index (χ1v) is 7.96. The van der Waals surface area contributed by atoms with Crippen molar-refractivity contribution >= 4 is 5.91 Å². The van der Waals surface area contributed by atoms with Crippen molar-refractivity contribution in [2.45, 2.75) is 59.2 Å². The minimum absolute atomic E-state index is 0.0357. The molecule has 0 saturated carbocycles. The van der Waals surface area contributed by atoms with Crippen molar-refractivity contribution in [2.24, 2.45) is 0 Å². The van der Waals surface area contributed by atoms with E-state index < -0.39 is 0 Å². The Kier molecular flexibility index (Phi) is 3.81. The molecule has 3 heterocycles. The number of carbonyl (C=O) groups excluding carboxylic acids is 1. The van der Waals surface area contributed by atoms with Gasteiger partial charge in [-0.3, -0.25) is 4.79 Å². The number of hydrogen-bond acceptors (Lipinski definition) is 2. The van der Waals surface area contributed by atoms with Gasteiger partial charge in [0.15, 0.2) is 0 Å². The van der Waals surface area contributed by atoms with Gasteiger partial charge in [0.05, 0.1) is 5.56 Å². The number of imidazole rings is 1. The summed E-state index contributed by atoms with van der Waals surface area (Å²) in [6.45, 7) is 9.18. The largest absolute Gasteiger partial charge is 0.347 e. The molecule has 5 nitrogen and oxygen atoms in total. The van der Waals surface area contributed by atoms with Crippen molar-refractivity contribution in [3.63, 3.8) is 0 Å². The molecule has 1 N–H and O–H groups in total. The van der Waals surface area contributed by atoms with E-state index in [-0.39, 0.29) is 11.9 Å². The molecule has 2 aromatic heterocycles. The number of carbonyl (C=O) groups is 1. The van der Waals surface area contributed by atoms with Crippen LogP contribution in [0.3, 0.4) is 0 Å². The molecule has 0 bridgehead atoms. The van der Waals surface area contributed by atoms with Gasteiger partial charge >= 0.3 is 0 Å². The Morgan fingerprint density at radius 2 is 2.18 bits per heavy atom. The summed E-state index contributed by atoms with van der Waals surface area (Å²) in [5, 5.41) is 3.19. The van der Waals surface area contributed by atoms with E-state index in [0.717, 1.165) is 42.2 Å². The Hall–Kier alpha value is -2.04. The number of nitrogens with zero attached hydrogens (tertiary/aromatic N) is 3. The Bertz CT molecular complexity index is 696. The number of aryl methyl sites for hydroxylation is 2. The molecular formula is C17H24N4O. The Morgan fingerprint density at radius 1 is 1.41 bits per heavy atom. The maximum absolute atomic E-state index is 12.6. The first-order chi connectivity index (χ1) is 10.5. The molecule has 0 saturated heterocycles. The highest BCUT2D eigenvalue weighted by molar-refractivity contribution is 5.95. The molecule has 1 unspecified atom stereocenters. The molecule has 0 radical (unpaired) electrons. The zero-order valence-corrected chi connectivity index (χ0v) is 13.8. The van der Waals surface area contributed by atoms with Crippen LogP contribution < -0.4 is 5.32 Å². The van der Waals surface area contributed by atoms with Gasteiger partial charge in [0.1, 0.15) is 5.82 Å². The summed E-state index contributed by atoms with van der Waals surface area (Å²) in [4.78, 5) is 16.9. The molecule has 22 heavy (non-hydrogen) atoms. The SMILES string of the molecule is Cc1cc(C(=O)NC2CCc3nccn3C2)c(C)n1C(C)C. The Balaban J connectivity index is 1.75. The minimum Gasteiger partial charge on any atom is -0.347 e. The van der Waals surface area contributed by atoms with Crippen LogP contribution in [0.2, 0.25) is 0 Å². The average molecular weight is 300 g/mol. The fourth-order valence-corrected chi connectivity index (χ4v) is 3.55. The van der Waals surface area contributed by atoms with E-state index in [1.807, 2.05) is 25.4 Å². The topological polar surface area (TPSA) is 51.9 Å². The van der Waals surface area contributed by atoms with Gasteiger partial charge in [0.25, 0.3) is 5.91 Å². The number of hydrogen-bond donors (Lipinski definition) is 1. The van der Waals surface area contributed by atoms with E-state index in [1.54, 1.807) is 0 Å². The summed E-state index contributed by atoms with van der Waals surface area (Å²) in [5.41, 5.74) is 2.98. The summed E-state index contributed by atoms with van der Waals surface area (Å²) in [5.74, 6) is 1.15. The van der Waals surface area contributed by atoms with Crippen molar-refractivity contribution < 1.29 is 4.79 Å². The monoisotopic (exact) mass is 300 g/mol. The summed E-state index contributed by atoms with van der Waals surface area (Å²) in [7, 11) is 0. The normalized spacial score (nSPS) is 17.6. The molecular weight excluding hydrogens is 276 g/mol. The van der Waals surface area contributed by atoms with Crippen molar-refractivity contribution in [3.8, 4) is 0 Å². The Labute approximate surface area is 131 Å². The van der Waals surface area contributed by atoms with E-state index in [4.69, 9.17) is 0 Å². The lowest BCUT2D eigenvalue weighted by Crippen LogP contribution is -2.41. The van der Waals surface area contributed by atoms with Gasteiger partial charge in [-0.05, 0) is 40.2 Å². The molecule has 1 amide bonds. The molecule has 2 aromatic rings. The van der Waals surface area contributed by atoms with Crippen molar-refractivity contribution in [3.05, 3.63) is 41.2 Å². The fourth-order valence-electron chi connectivity index (χ4n) is 3.55. The number of aromatic nitrogens is 3. The predicted molar refractivity (Wildman–Crippen MR) is 86.1 cm³/mol. The molecule has 0 fully saturated rings. The molecule has 5 heteroatoms. The maximum atomic E-state index is 12.6.